The van der Waals surface area contributed by atoms with Crippen molar-refractivity contribution in [3.63, 3.8) is 0 Å². The number of aromatic nitrogens is 2. The van der Waals surface area contributed by atoms with E-state index in [0.29, 0.717) is 6.54 Å². The van der Waals surface area contributed by atoms with Gasteiger partial charge in [-0.2, -0.15) is 5.10 Å². The van der Waals surface area contributed by atoms with Crippen LogP contribution in [0.15, 0.2) is 41.1 Å². The van der Waals surface area contributed by atoms with Crippen LogP contribution in [0.3, 0.4) is 0 Å². The second-order valence-corrected chi connectivity index (χ2v) is 5.41. The molecule has 0 aliphatic rings. The molecule has 0 aliphatic carbocycles. The molecule has 1 aromatic carbocycles. The quantitative estimate of drug-likeness (QED) is 0.858. The molecule has 0 saturated carbocycles. The van der Waals surface area contributed by atoms with Crippen LogP contribution in [0.1, 0.15) is 24.1 Å². The molecule has 1 aromatic heterocycles. The van der Waals surface area contributed by atoms with Gasteiger partial charge in [-0.05, 0) is 24.6 Å². The zero-order valence-corrected chi connectivity index (χ0v) is 12.5. The van der Waals surface area contributed by atoms with E-state index in [1.54, 1.807) is 4.68 Å². The van der Waals surface area contributed by atoms with Crippen molar-refractivity contribution in [3.05, 3.63) is 52.3 Å². The molecule has 4 nitrogen and oxygen atoms in total. The Bertz CT molecular complexity index is 510. The summed E-state index contributed by atoms with van der Waals surface area (Å²) in [5.74, 6) is 0. The highest BCUT2D eigenvalue weighted by Crippen LogP contribution is 2.16. The van der Waals surface area contributed by atoms with E-state index in [9.17, 15) is 0 Å². The molecule has 0 radical (unpaired) electrons. The summed E-state index contributed by atoms with van der Waals surface area (Å²) in [7, 11) is 0. The van der Waals surface area contributed by atoms with Crippen molar-refractivity contribution in [1.29, 1.82) is 0 Å². The molecule has 1 heterocycles. The van der Waals surface area contributed by atoms with Gasteiger partial charge in [0.15, 0.2) is 0 Å². The summed E-state index contributed by atoms with van der Waals surface area (Å²) in [6.45, 7) is 3.57. The number of nitrogens with zero attached hydrogens (tertiary/aromatic N) is 2. The van der Waals surface area contributed by atoms with Gasteiger partial charge in [-0.15, -0.1) is 0 Å². The molecule has 1 atom stereocenters. The predicted octanol–water partition coefficient (Wildman–Crippen LogP) is 2.49. The standard InChI is InChI=1S/C14H18BrN3O/c1-11(13-2-4-14(15)5-3-13)16-8-12-9-17-18(10-12)6-7-19/h2-5,9-11,16,19H,6-8H2,1H3/t11-/m1/s1. The topological polar surface area (TPSA) is 50.1 Å². The molecule has 19 heavy (non-hydrogen) atoms. The molecule has 5 heteroatoms. The summed E-state index contributed by atoms with van der Waals surface area (Å²) in [5, 5.41) is 16.5. The Labute approximate surface area is 121 Å². The van der Waals surface area contributed by atoms with E-state index in [4.69, 9.17) is 5.11 Å². The first-order valence-electron chi connectivity index (χ1n) is 6.30. The van der Waals surface area contributed by atoms with Crippen molar-refractivity contribution in [3.8, 4) is 0 Å². The van der Waals surface area contributed by atoms with E-state index in [1.165, 1.54) is 5.56 Å². The Morgan fingerprint density at radius 2 is 2.11 bits per heavy atom. The Balaban J connectivity index is 1.88. The fourth-order valence-electron chi connectivity index (χ4n) is 1.86. The number of hydrogen-bond donors (Lipinski definition) is 2. The maximum Gasteiger partial charge on any atom is 0.0640 e. The van der Waals surface area contributed by atoms with Crippen LogP contribution in [0.2, 0.25) is 0 Å². The van der Waals surface area contributed by atoms with Gasteiger partial charge in [-0.1, -0.05) is 28.1 Å². The lowest BCUT2D eigenvalue weighted by Crippen LogP contribution is -2.17. The number of halogens is 1. The molecule has 0 amide bonds. The van der Waals surface area contributed by atoms with E-state index in [2.05, 4.69) is 45.4 Å². The van der Waals surface area contributed by atoms with E-state index in [0.717, 1.165) is 16.6 Å². The molecular weight excluding hydrogens is 306 g/mol. The van der Waals surface area contributed by atoms with E-state index < -0.39 is 0 Å². The van der Waals surface area contributed by atoms with Gasteiger partial charge in [0.25, 0.3) is 0 Å². The molecule has 0 unspecified atom stereocenters. The summed E-state index contributed by atoms with van der Waals surface area (Å²) in [6.07, 6.45) is 3.79. The van der Waals surface area contributed by atoms with Crippen molar-refractivity contribution in [1.82, 2.24) is 15.1 Å². The van der Waals surface area contributed by atoms with Crippen molar-refractivity contribution < 1.29 is 5.11 Å². The lowest BCUT2D eigenvalue weighted by Gasteiger charge is -2.13. The number of hydrogen-bond acceptors (Lipinski definition) is 3. The van der Waals surface area contributed by atoms with E-state index in [-0.39, 0.29) is 12.6 Å². The van der Waals surface area contributed by atoms with Crippen molar-refractivity contribution in [2.24, 2.45) is 0 Å². The first-order chi connectivity index (χ1) is 9.19. The first kappa shape index (κ1) is 14.2. The molecule has 0 bridgehead atoms. The van der Waals surface area contributed by atoms with Crippen LogP contribution in [0, 0.1) is 0 Å². The van der Waals surface area contributed by atoms with Gasteiger partial charge in [0.2, 0.25) is 0 Å². The molecule has 0 spiro atoms. The average molecular weight is 324 g/mol. The molecule has 0 fully saturated rings. The van der Waals surface area contributed by atoms with Gasteiger partial charge in [-0.3, -0.25) is 4.68 Å². The molecule has 0 saturated heterocycles. The lowest BCUT2D eigenvalue weighted by molar-refractivity contribution is 0.269. The highest BCUT2D eigenvalue weighted by Gasteiger charge is 2.05. The maximum atomic E-state index is 8.84. The van der Waals surface area contributed by atoms with Gasteiger partial charge in [-0.25, -0.2) is 0 Å². The first-order valence-corrected chi connectivity index (χ1v) is 7.09. The zero-order chi connectivity index (χ0) is 13.7. The van der Waals surface area contributed by atoms with Crippen molar-refractivity contribution in [2.75, 3.05) is 6.61 Å². The average Bonchev–Trinajstić information content (AvgIpc) is 2.85. The highest BCUT2D eigenvalue weighted by molar-refractivity contribution is 9.10. The minimum Gasteiger partial charge on any atom is -0.394 e. The highest BCUT2D eigenvalue weighted by atomic mass is 79.9. The van der Waals surface area contributed by atoms with Crippen LogP contribution < -0.4 is 5.32 Å². The van der Waals surface area contributed by atoms with Crippen LogP contribution in [0.4, 0.5) is 0 Å². The molecule has 2 aromatic rings. The monoisotopic (exact) mass is 323 g/mol. The van der Waals surface area contributed by atoms with Crippen LogP contribution in [0.25, 0.3) is 0 Å². The second kappa shape index (κ2) is 6.84. The summed E-state index contributed by atoms with van der Waals surface area (Å²) in [6, 6.07) is 8.60. The Kier molecular flexibility index (Phi) is 5.13. The fourth-order valence-corrected chi connectivity index (χ4v) is 2.13. The fraction of sp³-hybridized carbons (Fsp3) is 0.357. The number of aliphatic hydroxyl groups is 1. The Morgan fingerprint density at radius 1 is 1.37 bits per heavy atom. The smallest absolute Gasteiger partial charge is 0.0640 e. The summed E-state index contributed by atoms with van der Waals surface area (Å²) >= 11 is 3.44. The zero-order valence-electron chi connectivity index (χ0n) is 10.9. The normalized spacial score (nSPS) is 12.6. The van der Waals surface area contributed by atoms with Crippen LogP contribution >= 0.6 is 15.9 Å². The van der Waals surface area contributed by atoms with Crippen LogP contribution in [0.5, 0.6) is 0 Å². The van der Waals surface area contributed by atoms with Crippen LogP contribution in [-0.2, 0) is 13.1 Å². The summed E-state index contributed by atoms with van der Waals surface area (Å²) in [5.41, 5.74) is 2.38. The third-order valence-electron chi connectivity index (χ3n) is 3.00. The van der Waals surface area contributed by atoms with Crippen molar-refractivity contribution >= 4 is 15.9 Å². The van der Waals surface area contributed by atoms with Crippen molar-refractivity contribution in [2.45, 2.75) is 26.1 Å². The van der Waals surface area contributed by atoms with Gasteiger partial charge in [0, 0.05) is 28.8 Å². The third-order valence-corrected chi connectivity index (χ3v) is 3.53. The minimum absolute atomic E-state index is 0.115. The van der Waals surface area contributed by atoms with Gasteiger partial charge >= 0.3 is 0 Å². The molecular formula is C14H18BrN3O. The number of aliphatic hydroxyl groups excluding tert-OH is 1. The number of benzene rings is 1. The van der Waals surface area contributed by atoms with Gasteiger partial charge in [0.1, 0.15) is 0 Å². The molecule has 102 valence electrons. The Morgan fingerprint density at radius 3 is 2.79 bits per heavy atom. The number of nitrogens with one attached hydrogen (secondary N) is 1. The predicted molar refractivity (Wildman–Crippen MR) is 78.7 cm³/mol. The molecule has 2 N–H and O–H groups in total. The summed E-state index contributed by atoms with van der Waals surface area (Å²) in [4.78, 5) is 0. The maximum absolute atomic E-state index is 8.84. The molecule has 2 rings (SSSR count). The largest absolute Gasteiger partial charge is 0.394 e. The SMILES string of the molecule is C[C@@H](NCc1cnn(CCO)c1)c1ccc(Br)cc1. The Hall–Kier alpha value is -1.17. The van der Waals surface area contributed by atoms with Gasteiger partial charge in [0.05, 0.1) is 19.3 Å². The lowest BCUT2D eigenvalue weighted by atomic mass is 10.1. The number of rotatable bonds is 6. The van der Waals surface area contributed by atoms with E-state index in [1.807, 2.05) is 24.5 Å². The van der Waals surface area contributed by atoms with Crippen LogP contribution in [-0.4, -0.2) is 21.5 Å². The summed E-state index contributed by atoms with van der Waals surface area (Å²) < 4.78 is 2.84. The van der Waals surface area contributed by atoms with E-state index >= 15 is 0 Å². The molecule has 0 aliphatic heterocycles. The minimum atomic E-state index is 0.115. The second-order valence-electron chi connectivity index (χ2n) is 4.49. The third kappa shape index (κ3) is 4.16. The van der Waals surface area contributed by atoms with Gasteiger partial charge < -0.3 is 10.4 Å².